The summed E-state index contributed by atoms with van der Waals surface area (Å²) >= 11 is 0. The molecular formula is C26H30N4O2. The lowest BCUT2D eigenvalue weighted by molar-refractivity contribution is 0.0946. The van der Waals surface area contributed by atoms with Crippen molar-refractivity contribution in [2.24, 2.45) is 0 Å². The minimum Gasteiger partial charge on any atom is -0.491 e. The first-order valence-electron chi connectivity index (χ1n) is 11.2. The molecule has 0 bridgehead atoms. The lowest BCUT2D eigenvalue weighted by Crippen LogP contribution is -2.34. The van der Waals surface area contributed by atoms with Gasteiger partial charge in [-0.2, -0.15) is 0 Å². The Hall–Kier alpha value is -3.25. The molecule has 1 saturated heterocycles. The van der Waals surface area contributed by atoms with E-state index in [0.29, 0.717) is 24.6 Å². The van der Waals surface area contributed by atoms with E-state index in [2.05, 4.69) is 26.3 Å². The van der Waals surface area contributed by atoms with E-state index < -0.39 is 0 Å². The SMILES string of the molecule is Cc1ccccc1OCCNC(=O)c1ccc(C2CCCN(Cc3ccccn3)C2)nc1. The van der Waals surface area contributed by atoms with Crippen LogP contribution in [0.3, 0.4) is 0 Å². The molecule has 6 heteroatoms. The highest BCUT2D eigenvalue weighted by atomic mass is 16.5. The van der Waals surface area contributed by atoms with E-state index in [9.17, 15) is 4.79 Å². The number of ether oxygens (including phenoxy) is 1. The summed E-state index contributed by atoms with van der Waals surface area (Å²) < 4.78 is 5.73. The molecule has 3 heterocycles. The predicted molar refractivity (Wildman–Crippen MR) is 125 cm³/mol. The maximum Gasteiger partial charge on any atom is 0.252 e. The van der Waals surface area contributed by atoms with Crippen LogP contribution in [0.1, 0.15) is 46.1 Å². The second-order valence-electron chi connectivity index (χ2n) is 8.24. The van der Waals surface area contributed by atoms with Gasteiger partial charge in [-0.1, -0.05) is 24.3 Å². The Labute approximate surface area is 189 Å². The van der Waals surface area contributed by atoms with Crippen LogP contribution in [0.5, 0.6) is 5.75 Å². The Morgan fingerprint density at radius 3 is 2.78 bits per heavy atom. The highest BCUT2D eigenvalue weighted by molar-refractivity contribution is 5.93. The third kappa shape index (κ3) is 5.92. The van der Waals surface area contributed by atoms with E-state index in [0.717, 1.165) is 55.2 Å². The Bertz CT molecular complexity index is 1010. The number of aromatic nitrogens is 2. The van der Waals surface area contributed by atoms with Crippen LogP contribution in [0.15, 0.2) is 67.0 Å². The lowest BCUT2D eigenvalue weighted by atomic mass is 9.94. The molecule has 1 aliphatic rings. The van der Waals surface area contributed by atoms with E-state index >= 15 is 0 Å². The second kappa shape index (κ2) is 10.9. The van der Waals surface area contributed by atoms with Gasteiger partial charge in [0.1, 0.15) is 12.4 Å². The summed E-state index contributed by atoms with van der Waals surface area (Å²) in [5.41, 5.74) is 3.81. The molecule has 0 spiro atoms. The van der Waals surface area contributed by atoms with Gasteiger partial charge in [0, 0.05) is 37.1 Å². The number of para-hydroxylation sites is 1. The smallest absolute Gasteiger partial charge is 0.252 e. The van der Waals surface area contributed by atoms with Crippen molar-refractivity contribution in [2.45, 2.75) is 32.2 Å². The number of pyridine rings is 2. The average Bonchev–Trinajstić information content (AvgIpc) is 2.84. The van der Waals surface area contributed by atoms with E-state index in [4.69, 9.17) is 4.74 Å². The molecule has 166 valence electrons. The van der Waals surface area contributed by atoms with Gasteiger partial charge < -0.3 is 10.1 Å². The van der Waals surface area contributed by atoms with Gasteiger partial charge in [0.2, 0.25) is 0 Å². The monoisotopic (exact) mass is 430 g/mol. The van der Waals surface area contributed by atoms with Crippen molar-refractivity contribution in [2.75, 3.05) is 26.2 Å². The molecule has 0 aliphatic carbocycles. The Kier molecular flexibility index (Phi) is 7.46. The van der Waals surface area contributed by atoms with Crippen molar-refractivity contribution in [3.8, 4) is 5.75 Å². The third-order valence-corrected chi connectivity index (χ3v) is 5.82. The molecule has 0 radical (unpaired) electrons. The van der Waals surface area contributed by atoms with Crippen molar-refractivity contribution in [1.82, 2.24) is 20.2 Å². The number of nitrogens with one attached hydrogen (secondary N) is 1. The summed E-state index contributed by atoms with van der Waals surface area (Å²) in [7, 11) is 0. The van der Waals surface area contributed by atoms with E-state index in [1.807, 2.05) is 61.7 Å². The number of piperidine rings is 1. The number of benzene rings is 1. The number of carbonyl (C=O) groups excluding carboxylic acids is 1. The Balaban J connectivity index is 1.25. The van der Waals surface area contributed by atoms with Crippen LogP contribution in [0.2, 0.25) is 0 Å². The van der Waals surface area contributed by atoms with Gasteiger partial charge in [0.05, 0.1) is 17.8 Å². The number of hydrogen-bond acceptors (Lipinski definition) is 5. The lowest BCUT2D eigenvalue weighted by Gasteiger charge is -2.32. The average molecular weight is 431 g/mol. The summed E-state index contributed by atoms with van der Waals surface area (Å²) in [4.78, 5) is 23.9. The molecule has 1 unspecified atom stereocenters. The number of nitrogens with zero attached hydrogens (tertiary/aromatic N) is 3. The first kappa shape index (κ1) is 22.0. The molecule has 0 saturated carbocycles. The molecule has 1 N–H and O–H groups in total. The fourth-order valence-corrected chi connectivity index (χ4v) is 4.09. The number of rotatable bonds is 8. The summed E-state index contributed by atoms with van der Waals surface area (Å²) in [5, 5.41) is 2.90. The van der Waals surface area contributed by atoms with Gasteiger partial charge in [-0.3, -0.25) is 19.7 Å². The topological polar surface area (TPSA) is 67.3 Å². The van der Waals surface area contributed by atoms with E-state index in [-0.39, 0.29) is 5.91 Å². The highest BCUT2D eigenvalue weighted by Crippen LogP contribution is 2.26. The number of amides is 1. The summed E-state index contributed by atoms with van der Waals surface area (Å²) in [6.45, 7) is 5.79. The van der Waals surface area contributed by atoms with E-state index in [1.165, 1.54) is 0 Å². The van der Waals surface area contributed by atoms with Gasteiger partial charge >= 0.3 is 0 Å². The molecule has 1 atom stereocenters. The molecule has 6 nitrogen and oxygen atoms in total. The molecule has 1 aliphatic heterocycles. The molecule has 3 aromatic rings. The maximum atomic E-state index is 12.4. The summed E-state index contributed by atoms with van der Waals surface area (Å²) in [5.74, 6) is 1.10. The molecule has 1 aromatic carbocycles. The first-order valence-corrected chi connectivity index (χ1v) is 11.2. The van der Waals surface area contributed by atoms with Gasteiger partial charge in [0.15, 0.2) is 0 Å². The molecule has 32 heavy (non-hydrogen) atoms. The largest absolute Gasteiger partial charge is 0.491 e. The van der Waals surface area contributed by atoms with Gasteiger partial charge in [0.25, 0.3) is 5.91 Å². The maximum absolute atomic E-state index is 12.4. The Morgan fingerprint density at radius 2 is 2.00 bits per heavy atom. The van der Waals surface area contributed by atoms with Gasteiger partial charge in [-0.05, 0) is 62.2 Å². The van der Waals surface area contributed by atoms with Gasteiger partial charge in [-0.15, -0.1) is 0 Å². The zero-order valence-electron chi connectivity index (χ0n) is 18.5. The molecule has 1 fully saturated rings. The van der Waals surface area contributed by atoms with Crippen LogP contribution in [0.25, 0.3) is 0 Å². The molecular weight excluding hydrogens is 400 g/mol. The molecule has 4 rings (SSSR count). The first-order chi connectivity index (χ1) is 15.7. The molecule has 2 aromatic heterocycles. The predicted octanol–water partition coefficient (Wildman–Crippen LogP) is 3.97. The summed E-state index contributed by atoms with van der Waals surface area (Å²) in [6, 6.07) is 17.8. The van der Waals surface area contributed by atoms with Crippen molar-refractivity contribution >= 4 is 5.91 Å². The van der Waals surface area contributed by atoms with Crippen LogP contribution in [0, 0.1) is 6.92 Å². The van der Waals surface area contributed by atoms with Gasteiger partial charge in [-0.25, -0.2) is 0 Å². The highest BCUT2D eigenvalue weighted by Gasteiger charge is 2.23. The molecule has 1 amide bonds. The van der Waals surface area contributed by atoms with Crippen LogP contribution in [-0.2, 0) is 6.54 Å². The van der Waals surface area contributed by atoms with Crippen molar-refractivity contribution in [3.63, 3.8) is 0 Å². The zero-order valence-corrected chi connectivity index (χ0v) is 18.5. The van der Waals surface area contributed by atoms with E-state index in [1.54, 1.807) is 6.20 Å². The third-order valence-electron chi connectivity index (χ3n) is 5.82. The number of hydrogen-bond donors (Lipinski definition) is 1. The number of aryl methyl sites for hydroxylation is 1. The van der Waals surface area contributed by atoms with Crippen LogP contribution < -0.4 is 10.1 Å². The van der Waals surface area contributed by atoms with Crippen molar-refractivity contribution in [1.29, 1.82) is 0 Å². The Morgan fingerprint density at radius 1 is 1.12 bits per heavy atom. The minimum absolute atomic E-state index is 0.127. The number of carbonyl (C=O) groups is 1. The minimum atomic E-state index is -0.127. The number of likely N-dealkylation sites (tertiary alicyclic amines) is 1. The zero-order chi connectivity index (χ0) is 22.2. The quantitative estimate of drug-likeness (QED) is 0.548. The van der Waals surface area contributed by atoms with Crippen molar-refractivity contribution in [3.05, 3.63) is 89.5 Å². The standard InChI is InChI=1S/C26H30N4O2/c1-20-7-2-3-10-25(20)32-16-14-28-26(31)21-11-12-24(29-17-21)22-8-6-15-30(18-22)19-23-9-4-5-13-27-23/h2-5,7,9-13,17,22H,6,8,14-16,18-19H2,1H3,(H,28,31). The van der Waals surface area contributed by atoms with Crippen LogP contribution in [0.4, 0.5) is 0 Å². The normalized spacial score (nSPS) is 16.5. The fourth-order valence-electron chi connectivity index (χ4n) is 4.09. The second-order valence-corrected chi connectivity index (χ2v) is 8.24. The summed E-state index contributed by atoms with van der Waals surface area (Å²) in [6.07, 6.45) is 5.79. The van der Waals surface area contributed by atoms with Crippen molar-refractivity contribution < 1.29 is 9.53 Å². The fraction of sp³-hybridized carbons (Fsp3) is 0.346. The van der Waals surface area contributed by atoms with Crippen LogP contribution in [-0.4, -0.2) is 47.0 Å². The van der Waals surface area contributed by atoms with Crippen LogP contribution >= 0.6 is 0 Å².